The molecule has 4 unspecified atom stereocenters. The molecule has 6 nitrogen and oxygen atoms in total. The molecule has 1 saturated carbocycles. The predicted octanol–water partition coefficient (Wildman–Crippen LogP) is -1.94. The van der Waals surface area contributed by atoms with Crippen LogP contribution in [0.4, 0.5) is 0 Å². The van der Waals surface area contributed by atoms with Crippen LogP contribution in [0.15, 0.2) is 0 Å². The Labute approximate surface area is 68.1 Å². The molecule has 1 aliphatic carbocycles. The first-order chi connectivity index (χ1) is 5.46. The van der Waals surface area contributed by atoms with Gasteiger partial charge in [-0.2, -0.15) is 0 Å². The summed E-state index contributed by atoms with van der Waals surface area (Å²) in [4.78, 5) is 20.9. The summed E-state index contributed by atoms with van der Waals surface area (Å²) in [5, 5.41) is 17.1. The maximum Gasteiger partial charge on any atom is 0.309 e. The van der Waals surface area contributed by atoms with E-state index < -0.39 is 35.9 Å². The van der Waals surface area contributed by atoms with Crippen molar-refractivity contribution in [3.63, 3.8) is 0 Å². The lowest BCUT2D eigenvalue weighted by Gasteiger charge is -2.43. The fourth-order valence-corrected chi connectivity index (χ4v) is 1.45. The molecule has 0 aromatic carbocycles. The lowest BCUT2D eigenvalue weighted by Crippen LogP contribution is -2.69. The molecule has 0 bridgehead atoms. The highest BCUT2D eigenvalue weighted by molar-refractivity contribution is 5.84. The van der Waals surface area contributed by atoms with Crippen LogP contribution in [0.1, 0.15) is 0 Å². The standard InChI is InChI=1S/C6H10N2O4/c7-3-1(5(9)10)2(4(3)8)6(11)12/h1-4H,7-8H2,(H,9,10)(H,11,12). The monoisotopic (exact) mass is 174 g/mol. The van der Waals surface area contributed by atoms with Crippen molar-refractivity contribution in [1.29, 1.82) is 0 Å². The number of carboxylic acid groups (broad SMARTS) is 2. The number of nitrogens with two attached hydrogens (primary N) is 2. The minimum Gasteiger partial charge on any atom is -0.481 e. The molecule has 0 aromatic rings. The first-order valence-electron chi connectivity index (χ1n) is 3.43. The molecular weight excluding hydrogens is 164 g/mol. The van der Waals surface area contributed by atoms with E-state index in [1.807, 2.05) is 0 Å². The van der Waals surface area contributed by atoms with Crippen molar-refractivity contribution < 1.29 is 19.8 Å². The molecule has 12 heavy (non-hydrogen) atoms. The number of hydrogen-bond donors (Lipinski definition) is 4. The zero-order valence-electron chi connectivity index (χ0n) is 6.18. The van der Waals surface area contributed by atoms with Gasteiger partial charge in [0.05, 0.1) is 11.8 Å². The van der Waals surface area contributed by atoms with Gasteiger partial charge in [0.1, 0.15) is 0 Å². The van der Waals surface area contributed by atoms with Crippen molar-refractivity contribution in [2.45, 2.75) is 12.1 Å². The number of aliphatic carboxylic acids is 2. The normalized spacial score (nSPS) is 40.2. The van der Waals surface area contributed by atoms with E-state index in [4.69, 9.17) is 21.7 Å². The summed E-state index contributed by atoms with van der Waals surface area (Å²) in [6, 6.07) is -1.49. The van der Waals surface area contributed by atoms with E-state index >= 15 is 0 Å². The number of carbonyl (C=O) groups is 2. The van der Waals surface area contributed by atoms with E-state index in [9.17, 15) is 9.59 Å². The lowest BCUT2D eigenvalue weighted by atomic mass is 9.65. The molecule has 0 amide bonds. The molecular formula is C6H10N2O4. The summed E-state index contributed by atoms with van der Waals surface area (Å²) in [5.74, 6) is -4.48. The Morgan fingerprint density at radius 3 is 1.33 bits per heavy atom. The van der Waals surface area contributed by atoms with Gasteiger partial charge in [-0.25, -0.2) is 0 Å². The highest BCUT2D eigenvalue weighted by Gasteiger charge is 2.54. The molecule has 0 radical (unpaired) electrons. The molecule has 1 aliphatic rings. The van der Waals surface area contributed by atoms with E-state index in [2.05, 4.69) is 0 Å². The van der Waals surface area contributed by atoms with Crippen LogP contribution >= 0.6 is 0 Å². The average molecular weight is 174 g/mol. The van der Waals surface area contributed by atoms with Crippen LogP contribution in [-0.2, 0) is 9.59 Å². The molecule has 6 heteroatoms. The summed E-state index contributed by atoms with van der Waals surface area (Å²) in [6.07, 6.45) is 0. The van der Waals surface area contributed by atoms with Gasteiger partial charge in [-0.3, -0.25) is 9.59 Å². The van der Waals surface area contributed by atoms with Crippen molar-refractivity contribution in [3.8, 4) is 0 Å². The summed E-state index contributed by atoms with van der Waals surface area (Å²) >= 11 is 0. The number of carboxylic acids is 2. The van der Waals surface area contributed by atoms with E-state index in [1.165, 1.54) is 0 Å². The molecule has 0 aromatic heterocycles. The molecule has 1 fully saturated rings. The fourth-order valence-electron chi connectivity index (χ4n) is 1.45. The topological polar surface area (TPSA) is 127 Å². The minimum atomic E-state index is -1.20. The predicted molar refractivity (Wildman–Crippen MR) is 38.2 cm³/mol. The van der Waals surface area contributed by atoms with Gasteiger partial charge >= 0.3 is 11.9 Å². The third-order valence-electron chi connectivity index (χ3n) is 2.23. The summed E-state index contributed by atoms with van der Waals surface area (Å²) < 4.78 is 0. The van der Waals surface area contributed by atoms with Crippen LogP contribution in [0.2, 0.25) is 0 Å². The van der Waals surface area contributed by atoms with Crippen LogP contribution in [0.5, 0.6) is 0 Å². The molecule has 4 atom stereocenters. The maximum atomic E-state index is 10.5. The van der Waals surface area contributed by atoms with Crippen molar-refractivity contribution in [2.24, 2.45) is 23.3 Å². The van der Waals surface area contributed by atoms with Crippen LogP contribution in [0.3, 0.4) is 0 Å². The van der Waals surface area contributed by atoms with Gasteiger partial charge in [-0.1, -0.05) is 0 Å². The smallest absolute Gasteiger partial charge is 0.309 e. The van der Waals surface area contributed by atoms with Crippen molar-refractivity contribution in [3.05, 3.63) is 0 Å². The third-order valence-corrected chi connectivity index (χ3v) is 2.23. The van der Waals surface area contributed by atoms with Crippen LogP contribution in [0.25, 0.3) is 0 Å². The molecule has 0 aliphatic heterocycles. The second-order valence-corrected chi connectivity index (χ2v) is 2.88. The van der Waals surface area contributed by atoms with E-state index in [1.54, 1.807) is 0 Å². The van der Waals surface area contributed by atoms with Crippen LogP contribution < -0.4 is 11.5 Å². The number of rotatable bonds is 2. The summed E-state index contributed by atoms with van der Waals surface area (Å²) in [5.41, 5.74) is 10.7. The van der Waals surface area contributed by atoms with Crippen LogP contribution in [-0.4, -0.2) is 34.2 Å². The van der Waals surface area contributed by atoms with E-state index in [0.717, 1.165) is 0 Å². The van der Waals surface area contributed by atoms with Gasteiger partial charge in [-0.15, -0.1) is 0 Å². The molecule has 0 saturated heterocycles. The molecule has 0 spiro atoms. The molecule has 6 N–H and O–H groups in total. The zero-order valence-corrected chi connectivity index (χ0v) is 6.18. The Kier molecular flexibility index (Phi) is 2.03. The summed E-state index contributed by atoms with van der Waals surface area (Å²) in [6.45, 7) is 0. The second-order valence-electron chi connectivity index (χ2n) is 2.88. The van der Waals surface area contributed by atoms with Gasteiger partial charge in [0, 0.05) is 12.1 Å². The van der Waals surface area contributed by atoms with Crippen molar-refractivity contribution in [2.75, 3.05) is 0 Å². The van der Waals surface area contributed by atoms with Crippen LogP contribution in [0, 0.1) is 11.8 Å². The molecule has 68 valence electrons. The highest BCUT2D eigenvalue weighted by Crippen LogP contribution is 2.32. The zero-order chi connectivity index (χ0) is 9.46. The Hall–Kier alpha value is -1.14. The van der Waals surface area contributed by atoms with Crippen molar-refractivity contribution >= 4 is 11.9 Å². The fraction of sp³-hybridized carbons (Fsp3) is 0.667. The highest BCUT2D eigenvalue weighted by atomic mass is 16.4. The minimum absolute atomic E-state index is 0.747. The molecule has 0 heterocycles. The Balaban J connectivity index is 2.75. The Morgan fingerprint density at radius 2 is 1.17 bits per heavy atom. The first-order valence-corrected chi connectivity index (χ1v) is 3.43. The SMILES string of the molecule is NC1C(N)C(C(=O)O)C1C(=O)O. The quantitative estimate of drug-likeness (QED) is 0.385. The third kappa shape index (κ3) is 1.05. The van der Waals surface area contributed by atoms with Crippen molar-refractivity contribution in [1.82, 2.24) is 0 Å². The van der Waals surface area contributed by atoms with Gasteiger partial charge < -0.3 is 21.7 Å². The lowest BCUT2D eigenvalue weighted by molar-refractivity contribution is -0.163. The van der Waals surface area contributed by atoms with Gasteiger partial charge in [0.15, 0.2) is 0 Å². The number of hydrogen-bond acceptors (Lipinski definition) is 4. The largest absolute Gasteiger partial charge is 0.481 e. The van der Waals surface area contributed by atoms with Gasteiger partial charge in [-0.05, 0) is 0 Å². The average Bonchev–Trinajstić information content (AvgIpc) is 1.96. The first kappa shape index (κ1) is 8.95. The van der Waals surface area contributed by atoms with Gasteiger partial charge in [0.2, 0.25) is 0 Å². The van der Waals surface area contributed by atoms with E-state index in [0.29, 0.717) is 0 Å². The van der Waals surface area contributed by atoms with E-state index in [-0.39, 0.29) is 0 Å². The Morgan fingerprint density at radius 1 is 0.917 bits per heavy atom. The maximum absolute atomic E-state index is 10.5. The molecule has 1 rings (SSSR count). The summed E-state index contributed by atoms with van der Waals surface area (Å²) in [7, 11) is 0. The second kappa shape index (κ2) is 2.72. The Bertz CT molecular complexity index is 206. The van der Waals surface area contributed by atoms with Gasteiger partial charge in [0.25, 0.3) is 0 Å².